The molecular weight excluding hydrogens is 134 g/mol. The van der Waals surface area contributed by atoms with Crippen molar-refractivity contribution in [2.45, 2.75) is 26.2 Å². The highest BCUT2D eigenvalue weighted by atomic mass is 14.9. The van der Waals surface area contributed by atoms with Crippen LogP contribution in [0.3, 0.4) is 0 Å². The molecule has 1 aliphatic carbocycles. The van der Waals surface area contributed by atoms with Crippen molar-refractivity contribution in [3.05, 3.63) is 0 Å². The van der Waals surface area contributed by atoms with Gasteiger partial charge in [-0.05, 0) is 37.8 Å². The summed E-state index contributed by atoms with van der Waals surface area (Å²) in [5.41, 5.74) is 0. The molecule has 0 radical (unpaired) electrons. The lowest BCUT2D eigenvalue weighted by Gasteiger charge is -2.00. The van der Waals surface area contributed by atoms with Crippen LogP contribution in [0, 0.1) is 24.2 Å². The molecule has 0 amide bonds. The average Bonchev–Trinajstić information content (AvgIpc) is 2.67. The third-order valence-electron chi connectivity index (χ3n) is 2.36. The van der Waals surface area contributed by atoms with Crippen LogP contribution in [0.1, 0.15) is 26.2 Å². The Morgan fingerprint density at radius 1 is 1.64 bits per heavy atom. The molecule has 1 heteroatoms. The molecule has 0 saturated heterocycles. The van der Waals surface area contributed by atoms with E-state index in [0.717, 1.165) is 31.2 Å². The molecule has 2 atom stereocenters. The molecule has 1 saturated carbocycles. The number of rotatable bonds is 5. The second kappa shape index (κ2) is 4.41. The Bertz CT molecular complexity index is 145. The number of hydrogen-bond donors (Lipinski definition) is 1. The summed E-state index contributed by atoms with van der Waals surface area (Å²) in [6, 6.07) is 0. The summed E-state index contributed by atoms with van der Waals surface area (Å²) in [5, 5.41) is 3.42. The van der Waals surface area contributed by atoms with Crippen LogP contribution in [0.15, 0.2) is 0 Å². The first kappa shape index (κ1) is 8.62. The smallest absolute Gasteiger partial charge is 0.00981 e. The molecule has 1 rings (SSSR count). The third-order valence-corrected chi connectivity index (χ3v) is 2.36. The van der Waals surface area contributed by atoms with Gasteiger partial charge in [0.25, 0.3) is 0 Å². The minimum atomic E-state index is 0.910. The molecule has 2 unspecified atom stereocenters. The minimum Gasteiger partial charge on any atom is -0.316 e. The second-order valence-electron chi connectivity index (χ2n) is 3.48. The minimum absolute atomic E-state index is 0.910. The van der Waals surface area contributed by atoms with Crippen LogP contribution < -0.4 is 5.32 Å². The van der Waals surface area contributed by atoms with E-state index < -0.39 is 0 Å². The molecule has 1 nitrogen and oxygen atoms in total. The van der Waals surface area contributed by atoms with E-state index in [-0.39, 0.29) is 0 Å². The van der Waals surface area contributed by atoms with Crippen molar-refractivity contribution >= 4 is 0 Å². The highest BCUT2D eigenvalue weighted by molar-refractivity contribution is 4.85. The lowest BCUT2D eigenvalue weighted by atomic mass is 10.3. The SMILES string of the molecule is C#CCCCNCC1CC1C. The molecule has 0 spiro atoms. The Morgan fingerprint density at radius 2 is 2.36 bits per heavy atom. The van der Waals surface area contributed by atoms with E-state index in [0.29, 0.717) is 0 Å². The van der Waals surface area contributed by atoms with Crippen molar-refractivity contribution in [1.82, 2.24) is 5.32 Å². The van der Waals surface area contributed by atoms with Crippen molar-refractivity contribution in [3.63, 3.8) is 0 Å². The van der Waals surface area contributed by atoms with Crippen molar-refractivity contribution in [2.24, 2.45) is 11.8 Å². The lowest BCUT2D eigenvalue weighted by Crippen LogP contribution is -2.18. The normalized spacial score (nSPS) is 28.0. The van der Waals surface area contributed by atoms with Gasteiger partial charge in [-0.1, -0.05) is 6.92 Å². The fraction of sp³-hybridized carbons (Fsp3) is 0.800. The maximum Gasteiger partial charge on any atom is 0.00981 e. The Morgan fingerprint density at radius 3 is 2.91 bits per heavy atom. The Labute approximate surface area is 69.6 Å². The Kier molecular flexibility index (Phi) is 3.45. The molecule has 62 valence electrons. The molecule has 0 bridgehead atoms. The molecule has 0 aromatic heterocycles. The summed E-state index contributed by atoms with van der Waals surface area (Å²) in [6.07, 6.45) is 8.58. The maximum atomic E-state index is 5.13. The third kappa shape index (κ3) is 3.43. The van der Waals surface area contributed by atoms with Crippen molar-refractivity contribution in [1.29, 1.82) is 0 Å². The molecule has 0 aromatic rings. The van der Waals surface area contributed by atoms with E-state index in [1.807, 2.05) is 0 Å². The standard InChI is InChI=1S/C10H17N/c1-3-4-5-6-11-8-10-7-9(10)2/h1,9-11H,4-8H2,2H3. The predicted octanol–water partition coefficient (Wildman–Crippen LogP) is 1.65. The second-order valence-corrected chi connectivity index (χ2v) is 3.48. The summed E-state index contributed by atoms with van der Waals surface area (Å²) < 4.78 is 0. The zero-order chi connectivity index (χ0) is 8.10. The van der Waals surface area contributed by atoms with Gasteiger partial charge < -0.3 is 5.32 Å². The molecule has 11 heavy (non-hydrogen) atoms. The highest BCUT2D eigenvalue weighted by Crippen LogP contribution is 2.36. The quantitative estimate of drug-likeness (QED) is 0.465. The van der Waals surface area contributed by atoms with Gasteiger partial charge in [0.05, 0.1) is 0 Å². The molecule has 1 N–H and O–H groups in total. The summed E-state index contributed by atoms with van der Waals surface area (Å²) >= 11 is 0. The topological polar surface area (TPSA) is 12.0 Å². The van der Waals surface area contributed by atoms with Crippen molar-refractivity contribution in [2.75, 3.05) is 13.1 Å². The predicted molar refractivity (Wildman–Crippen MR) is 48.2 cm³/mol. The molecule has 1 aliphatic rings. The van der Waals surface area contributed by atoms with Crippen molar-refractivity contribution < 1.29 is 0 Å². The Balaban J connectivity index is 1.79. The van der Waals surface area contributed by atoms with Crippen LogP contribution in [-0.4, -0.2) is 13.1 Å². The first-order chi connectivity index (χ1) is 5.34. The lowest BCUT2D eigenvalue weighted by molar-refractivity contribution is 0.598. The van der Waals surface area contributed by atoms with Gasteiger partial charge in [-0.3, -0.25) is 0 Å². The summed E-state index contributed by atoms with van der Waals surface area (Å²) in [4.78, 5) is 0. The molecule has 0 aliphatic heterocycles. The highest BCUT2D eigenvalue weighted by Gasteiger charge is 2.31. The van der Waals surface area contributed by atoms with E-state index in [1.54, 1.807) is 0 Å². The van der Waals surface area contributed by atoms with Crippen LogP contribution >= 0.6 is 0 Å². The van der Waals surface area contributed by atoms with E-state index in [9.17, 15) is 0 Å². The van der Waals surface area contributed by atoms with Crippen LogP contribution in [0.2, 0.25) is 0 Å². The Hall–Kier alpha value is -0.480. The van der Waals surface area contributed by atoms with Gasteiger partial charge in [-0.2, -0.15) is 0 Å². The van der Waals surface area contributed by atoms with Crippen LogP contribution in [-0.2, 0) is 0 Å². The number of nitrogens with one attached hydrogen (secondary N) is 1. The van der Waals surface area contributed by atoms with E-state index in [4.69, 9.17) is 6.42 Å². The number of hydrogen-bond acceptors (Lipinski definition) is 1. The van der Waals surface area contributed by atoms with Crippen LogP contribution in [0.4, 0.5) is 0 Å². The fourth-order valence-electron chi connectivity index (χ4n) is 1.29. The van der Waals surface area contributed by atoms with Crippen LogP contribution in [0.25, 0.3) is 0 Å². The van der Waals surface area contributed by atoms with E-state index in [2.05, 4.69) is 18.2 Å². The van der Waals surface area contributed by atoms with E-state index >= 15 is 0 Å². The first-order valence-electron chi connectivity index (χ1n) is 4.48. The van der Waals surface area contributed by atoms with Gasteiger partial charge in [-0.25, -0.2) is 0 Å². The zero-order valence-electron chi connectivity index (χ0n) is 7.27. The summed E-state index contributed by atoms with van der Waals surface area (Å²) in [7, 11) is 0. The average molecular weight is 151 g/mol. The molecule has 0 heterocycles. The summed E-state index contributed by atoms with van der Waals surface area (Å²) in [6.45, 7) is 4.60. The van der Waals surface area contributed by atoms with Gasteiger partial charge in [0, 0.05) is 6.42 Å². The van der Waals surface area contributed by atoms with Gasteiger partial charge >= 0.3 is 0 Å². The van der Waals surface area contributed by atoms with Crippen LogP contribution in [0.5, 0.6) is 0 Å². The van der Waals surface area contributed by atoms with Gasteiger partial charge in [0.2, 0.25) is 0 Å². The molecule has 1 fully saturated rings. The first-order valence-corrected chi connectivity index (χ1v) is 4.48. The van der Waals surface area contributed by atoms with Gasteiger partial charge in [-0.15, -0.1) is 12.3 Å². The fourth-order valence-corrected chi connectivity index (χ4v) is 1.29. The number of terminal acetylenes is 1. The summed E-state index contributed by atoms with van der Waals surface area (Å²) in [5.74, 6) is 4.57. The van der Waals surface area contributed by atoms with E-state index in [1.165, 1.54) is 13.0 Å². The van der Waals surface area contributed by atoms with Gasteiger partial charge in [0.1, 0.15) is 0 Å². The molecule has 0 aromatic carbocycles. The number of unbranched alkanes of at least 4 members (excludes halogenated alkanes) is 1. The zero-order valence-corrected chi connectivity index (χ0v) is 7.27. The largest absolute Gasteiger partial charge is 0.316 e. The maximum absolute atomic E-state index is 5.13. The van der Waals surface area contributed by atoms with Gasteiger partial charge in [0.15, 0.2) is 0 Å². The molecular formula is C10H17N. The van der Waals surface area contributed by atoms with Crippen molar-refractivity contribution in [3.8, 4) is 12.3 Å². The monoisotopic (exact) mass is 151 g/mol.